The van der Waals surface area contributed by atoms with Gasteiger partial charge in [0.15, 0.2) is 0 Å². The second-order valence-corrected chi connectivity index (χ2v) is 3.95. The van der Waals surface area contributed by atoms with Crippen molar-refractivity contribution in [1.29, 1.82) is 0 Å². The lowest BCUT2D eigenvalue weighted by atomic mass is 10.3. The third-order valence-corrected chi connectivity index (χ3v) is 2.77. The molecule has 8 nitrogen and oxygen atoms in total. The largest absolute Gasteiger partial charge is 0.478 e. The molecule has 0 atom stereocenters. The van der Waals surface area contributed by atoms with Gasteiger partial charge in [-0.3, -0.25) is 10.1 Å². The predicted octanol–water partition coefficient (Wildman–Crippen LogP) is 1.83. The number of nitrogens with zero attached hydrogens (tertiary/aromatic N) is 3. The summed E-state index contributed by atoms with van der Waals surface area (Å²) in [6.07, 6.45) is 3.71. The van der Waals surface area contributed by atoms with E-state index in [1.54, 1.807) is 0 Å². The minimum atomic E-state index is -1.31. The van der Waals surface area contributed by atoms with Gasteiger partial charge in [-0.25, -0.2) is 14.8 Å². The van der Waals surface area contributed by atoms with E-state index in [1.807, 2.05) is 0 Å². The third kappa shape index (κ3) is 2.46. The highest BCUT2D eigenvalue weighted by atomic mass is 32.2. The van der Waals surface area contributed by atoms with Crippen LogP contribution < -0.4 is 0 Å². The number of carbonyl (C=O) groups is 1. The highest BCUT2D eigenvalue weighted by molar-refractivity contribution is 7.99. The number of carboxylic acids is 1. The molecule has 0 aromatic carbocycles. The molecule has 0 aliphatic carbocycles. The van der Waals surface area contributed by atoms with Gasteiger partial charge in [0, 0.05) is 6.07 Å². The number of hydrogen-bond acceptors (Lipinski definition) is 7. The molecule has 0 spiro atoms. The monoisotopic (exact) mass is 267 g/mol. The van der Waals surface area contributed by atoms with E-state index in [0.29, 0.717) is 0 Å². The van der Waals surface area contributed by atoms with Crippen LogP contribution in [-0.4, -0.2) is 26.0 Å². The Morgan fingerprint density at radius 3 is 2.83 bits per heavy atom. The summed E-state index contributed by atoms with van der Waals surface area (Å²) < 4.78 is 4.93. The van der Waals surface area contributed by atoms with E-state index in [9.17, 15) is 14.9 Å². The van der Waals surface area contributed by atoms with Crippen LogP contribution in [-0.2, 0) is 0 Å². The summed E-state index contributed by atoms with van der Waals surface area (Å²) in [7, 11) is 0. The minimum Gasteiger partial charge on any atom is -0.478 e. The maximum absolute atomic E-state index is 11.0. The average Bonchev–Trinajstić information content (AvgIpc) is 2.81. The molecule has 2 rings (SSSR count). The smallest absolute Gasteiger partial charge is 0.338 e. The van der Waals surface area contributed by atoms with Crippen molar-refractivity contribution in [3.05, 3.63) is 40.4 Å². The van der Waals surface area contributed by atoms with Crippen molar-refractivity contribution in [2.24, 2.45) is 0 Å². The van der Waals surface area contributed by atoms with Gasteiger partial charge in [-0.15, -0.1) is 0 Å². The fraction of sp³-hybridized carbons (Fsp3) is 0. The van der Waals surface area contributed by atoms with Crippen LogP contribution in [0.2, 0.25) is 0 Å². The summed E-state index contributed by atoms with van der Waals surface area (Å²) in [5.74, 6) is -1.31. The molecule has 9 heteroatoms. The van der Waals surface area contributed by atoms with Gasteiger partial charge < -0.3 is 9.52 Å². The fourth-order valence-electron chi connectivity index (χ4n) is 1.12. The van der Waals surface area contributed by atoms with Crippen molar-refractivity contribution in [3.8, 4) is 0 Å². The standard InChI is InChI=1S/C9H5N3O5S/c13-8(14)6-3-5(12(15)16)4-11-7(6)18-9-10-1-2-17-9/h1-4H,(H,13,14). The Labute approximate surface area is 104 Å². The van der Waals surface area contributed by atoms with Gasteiger partial charge in [0.05, 0.1) is 16.7 Å². The van der Waals surface area contributed by atoms with Gasteiger partial charge in [-0.2, -0.15) is 0 Å². The van der Waals surface area contributed by atoms with Gasteiger partial charge in [0.1, 0.15) is 17.5 Å². The highest BCUT2D eigenvalue weighted by Crippen LogP contribution is 2.29. The lowest BCUT2D eigenvalue weighted by Crippen LogP contribution is -2.02. The maximum Gasteiger partial charge on any atom is 0.338 e. The first kappa shape index (κ1) is 12.0. The summed E-state index contributed by atoms with van der Waals surface area (Å²) in [5, 5.41) is 19.8. The number of hydrogen-bond donors (Lipinski definition) is 1. The third-order valence-electron chi connectivity index (χ3n) is 1.87. The zero-order valence-electron chi connectivity index (χ0n) is 8.64. The summed E-state index contributed by atoms with van der Waals surface area (Å²) >= 11 is 0.877. The summed E-state index contributed by atoms with van der Waals surface area (Å²) in [6, 6.07) is 0.945. The number of aromatic carboxylic acids is 1. The van der Waals surface area contributed by atoms with Crippen molar-refractivity contribution in [1.82, 2.24) is 9.97 Å². The normalized spacial score (nSPS) is 10.2. The van der Waals surface area contributed by atoms with Crippen LogP contribution in [0.1, 0.15) is 10.4 Å². The maximum atomic E-state index is 11.0. The van der Waals surface area contributed by atoms with E-state index in [0.717, 1.165) is 24.0 Å². The molecule has 0 saturated carbocycles. The first-order valence-corrected chi connectivity index (χ1v) is 5.34. The van der Waals surface area contributed by atoms with Gasteiger partial charge >= 0.3 is 5.97 Å². The molecule has 0 aliphatic heterocycles. The number of aromatic nitrogens is 2. The molecule has 0 fully saturated rings. The molecular weight excluding hydrogens is 262 g/mol. The molecule has 0 bridgehead atoms. The summed E-state index contributed by atoms with van der Waals surface area (Å²) in [4.78, 5) is 28.4. The van der Waals surface area contributed by atoms with E-state index >= 15 is 0 Å². The Hall–Kier alpha value is -2.42. The van der Waals surface area contributed by atoms with Gasteiger partial charge in [0.2, 0.25) is 0 Å². The topological polar surface area (TPSA) is 119 Å². The number of carboxylic acid groups (broad SMARTS) is 1. The average molecular weight is 267 g/mol. The van der Waals surface area contributed by atoms with Crippen molar-refractivity contribution in [2.45, 2.75) is 10.2 Å². The van der Waals surface area contributed by atoms with Crippen molar-refractivity contribution in [2.75, 3.05) is 0 Å². The quantitative estimate of drug-likeness (QED) is 0.658. The Morgan fingerprint density at radius 1 is 1.50 bits per heavy atom. The molecule has 2 aromatic heterocycles. The summed E-state index contributed by atoms with van der Waals surface area (Å²) in [5.41, 5.74) is -0.656. The Kier molecular flexibility index (Phi) is 3.24. The van der Waals surface area contributed by atoms with Gasteiger partial charge in [-0.05, 0) is 11.8 Å². The van der Waals surface area contributed by atoms with Crippen LogP contribution in [0.15, 0.2) is 39.4 Å². The van der Waals surface area contributed by atoms with Crippen LogP contribution in [0, 0.1) is 10.1 Å². The van der Waals surface area contributed by atoms with Crippen LogP contribution in [0.3, 0.4) is 0 Å². The first-order valence-electron chi connectivity index (χ1n) is 4.53. The molecule has 0 saturated heterocycles. The van der Waals surface area contributed by atoms with E-state index < -0.39 is 10.9 Å². The summed E-state index contributed by atoms with van der Waals surface area (Å²) in [6.45, 7) is 0. The van der Waals surface area contributed by atoms with E-state index in [4.69, 9.17) is 9.52 Å². The lowest BCUT2D eigenvalue weighted by molar-refractivity contribution is -0.385. The Bertz CT molecular complexity index is 598. The fourth-order valence-corrected chi connectivity index (χ4v) is 1.86. The second kappa shape index (κ2) is 4.84. The molecule has 18 heavy (non-hydrogen) atoms. The van der Waals surface area contributed by atoms with E-state index in [-0.39, 0.29) is 21.5 Å². The van der Waals surface area contributed by atoms with Crippen molar-refractivity contribution < 1.29 is 19.2 Å². The molecule has 2 aromatic rings. The van der Waals surface area contributed by atoms with Crippen molar-refractivity contribution >= 4 is 23.4 Å². The number of nitro groups is 1. The molecule has 0 unspecified atom stereocenters. The van der Waals surface area contributed by atoms with E-state index in [2.05, 4.69) is 9.97 Å². The number of oxazole rings is 1. The zero-order chi connectivity index (χ0) is 13.1. The number of rotatable bonds is 4. The van der Waals surface area contributed by atoms with Crippen molar-refractivity contribution in [3.63, 3.8) is 0 Å². The second-order valence-electron chi connectivity index (χ2n) is 3.01. The zero-order valence-corrected chi connectivity index (χ0v) is 9.46. The Balaban J connectivity index is 2.40. The van der Waals surface area contributed by atoms with Gasteiger partial charge in [0.25, 0.3) is 10.9 Å². The van der Waals surface area contributed by atoms with Gasteiger partial charge in [-0.1, -0.05) is 0 Å². The van der Waals surface area contributed by atoms with Crippen LogP contribution in [0.25, 0.3) is 0 Å². The Morgan fingerprint density at radius 2 is 2.28 bits per heavy atom. The minimum absolute atomic E-state index is 0.0792. The molecule has 0 radical (unpaired) electrons. The van der Waals surface area contributed by atoms with Crippen LogP contribution in [0.5, 0.6) is 0 Å². The molecule has 2 heterocycles. The molecular formula is C9H5N3O5S. The predicted molar refractivity (Wildman–Crippen MR) is 58.5 cm³/mol. The molecule has 1 N–H and O–H groups in total. The van der Waals surface area contributed by atoms with Crippen LogP contribution in [0.4, 0.5) is 5.69 Å². The highest BCUT2D eigenvalue weighted by Gasteiger charge is 2.19. The first-order chi connectivity index (χ1) is 8.58. The SMILES string of the molecule is O=C(O)c1cc([N+](=O)[O-])cnc1Sc1ncco1. The van der Waals surface area contributed by atoms with E-state index in [1.165, 1.54) is 12.5 Å². The number of pyridine rings is 1. The van der Waals surface area contributed by atoms with Crippen LogP contribution >= 0.6 is 11.8 Å². The lowest BCUT2D eigenvalue weighted by Gasteiger charge is -2.01. The molecule has 0 amide bonds. The molecule has 92 valence electrons. The molecule has 0 aliphatic rings.